The van der Waals surface area contributed by atoms with Crippen LogP contribution in [0.5, 0.6) is 0 Å². The highest BCUT2D eigenvalue weighted by molar-refractivity contribution is 5.78. The number of hydrogen-bond acceptors (Lipinski definition) is 3. The van der Waals surface area contributed by atoms with Gasteiger partial charge in [-0.15, -0.1) is 0 Å². The molecule has 0 aliphatic heterocycles. The van der Waals surface area contributed by atoms with Crippen molar-refractivity contribution in [2.24, 2.45) is 5.92 Å². The molecule has 1 amide bonds. The van der Waals surface area contributed by atoms with Crippen LogP contribution in [0.3, 0.4) is 0 Å². The summed E-state index contributed by atoms with van der Waals surface area (Å²) in [6, 6.07) is 0.494. The molecule has 1 rings (SSSR count). The van der Waals surface area contributed by atoms with E-state index in [9.17, 15) is 4.79 Å². The maximum atomic E-state index is 11.8. The molecule has 0 radical (unpaired) electrons. The first-order valence-electron chi connectivity index (χ1n) is 7.25. The molecule has 0 aromatic heterocycles. The molecule has 0 aromatic carbocycles. The molecule has 1 saturated carbocycles. The van der Waals surface area contributed by atoms with Gasteiger partial charge in [0.1, 0.15) is 0 Å². The maximum Gasteiger partial charge on any atom is 0.234 e. The van der Waals surface area contributed by atoms with E-state index in [1.807, 2.05) is 0 Å². The van der Waals surface area contributed by atoms with Crippen molar-refractivity contribution in [1.29, 1.82) is 0 Å². The zero-order valence-electron chi connectivity index (χ0n) is 11.8. The average molecular weight is 256 g/mol. The van der Waals surface area contributed by atoms with Crippen molar-refractivity contribution in [2.45, 2.75) is 52.0 Å². The van der Waals surface area contributed by atoms with Gasteiger partial charge in [0.2, 0.25) is 5.91 Å². The smallest absolute Gasteiger partial charge is 0.234 e. The molecule has 0 saturated heterocycles. The minimum absolute atomic E-state index is 0.0935. The van der Waals surface area contributed by atoms with E-state index in [2.05, 4.69) is 24.1 Å². The number of aliphatic hydroxyl groups is 1. The molecule has 4 heteroatoms. The second kappa shape index (κ2) is 8.48. The average Bonchev–Trinajstić information content (AvgIpc) is 2.81. The Hall–Kier alpha value is -0.610. The summed E-state index contributed by atoms with van der Waals surface area (Å²) in [5.74, 6) is 0.713. The number of aliphatic hydroxyl groups excluding tert-OH is 1. The van der Waals surface area contributed by atoms with Crippen LogP contribution in [-0.2, 0) is 4.79 Å². The van der Waals surface area contributed by atoms with Crippen LogP contribution in [0.1, 0.15) is 46.0 Å². The lowest BCUT2D eigenvalue weighted by molar-refractivity contribution is -0.122. The number of carbonyl (C=O) groups excluding carboxylic acids is 1. The lowest BCUT2D eigenvalue weighted by Crippen LogP contribution is -2.43. The number of amides is 1. The van der Waals surface area contributed by atoms with E-state index in [0.717, 1.165) is 13.0 Å². The van der Waals surface area contributed by atoms with Gasteiger partial charge in [-0.05, 0) is 25.2 Å². The summed E-state index contributed by atoms with van der Waals surface area (Å²) in [5, 5.41) is 12.0. The predicted octanol–water partition coefficient (Wildman–Crippen LogP) is 1.39. The summed E-state index contributed by atoms with van der Waals surface area (Å²) in [4.78, 5) is 14.0. The molecular formula is C14H28N2O2. The van der Waals surface area contributed by atoms with E-state index in [1.165, 1.54) is 25.7 Å². The van der Waals surface area contributed by atoms with Crippen molar-refractivity contribution in [3.05, 3.63) is 0 Å². The van der Waals surface area contributed by atoms with Crippen molar-refractivity contribution in [2.75, 3.05) is 26.2 Å². The van der Waals surface area contributed by atoms with Crippen LogP contribution in [0.4, 0.5) is 0 Å². The summed E-state index contributed by atoms with van der Waals surface area (Å²) in [5.41, 5.74) is 0. The predicted molar refractivity (Wildman–Crippen MR) is 73.4 cm³/mol. The van der Waals surface area contributed by atoms with Crippen LogP contribution < -0.4 is 5.32 Å². The van der Waals surface area contributed by atoms with Gasteiger partial charge in [0, 0.05) is 19.1 Å². The highest BCUT2D eigenvalue weighted by Crippen LogP contribution is 2.22. The Labute approximate surface area is 111 Å². The molecule has 0 unspecified atom stereocenters. The Kier molecular flexibility index (Phi) is 7.28. The van der Waals surface area contributed by atoms with Gasteiger partial charge in [-0.3, -0.25) is 9.69 Å². The molecule has 1 aliphatic rings. The van der Waals surface area contributed by atoms with Gasteiger partial charge in [-0.1, -0.05) is 26.7 Å². The minimum atomic E-state index is 0.0935. The summed E-state index contributed by atoms with van der Waals surface area (Å²) in [6.07, 6.45) is 5.86. The van der Waals surface area contributed by atoms with E-state index >= 15 is 0 Å². The first kappa shape index (κ1) is 15.4. The highest BCUT2D eigenvalue weighted by Gasteiger charge is 2.23. The molecule has 4 nitrogen and oxygen atoms in total. The third kappa shape index (κ3) is 5.83. The molecule has 18 heavy (non-hydrogen) atoms. The van der Waals surface area contributed by atoms with Gasteiger partial charge in [0.15, 0.2) is 0 Å². The Morgan fingerprint density at radius 3 is 2.61 bits per heavy atom. The van der Waals surface area contributed by atoms with E-state index in [-0.39, 0.29) is 12.5 Å². The maximum absolute atomic E-state index is 11.8. The topological polar surface area (TPSA) is 52.6 Å². The summed E-state index contributed by atoms with van der Waals surface area (Å²) in [7, 11) is 0. The third-order valence-corrected chi connectivity index (χ3v) is 3.62. The SMILES string of the molecule is CC(C)CCNC(=O)CN(CCO)C1CCCC1. The Balaban J connectivity index is 2.28. The number of nitrogens with zero attached hydrogens (tertiary/aromatic N) is 1. The van der Waals surface area contributed by atoms with Crippen LogP contribution in [-0.4, -0.2) is 48.2 Å². The van der Waals surface area contributed by atoms with Crippen molar-refractivity contribution in [3.8, 4) is 0 Å². The van der Waals surface area contributed by atoms with E-state index in [4.69, 9.17) is 5.11 Å². The molecule has 1 fully saturated rings. The molecule has 106 valence electrons. The Bertz CT molecular complexity index is 238. The zero-order valence-corrected chi connectivity index (χ0v) is 11.8. The van der Waals surface area contributed by atoms with Gasteiger partial charge in [0.25, 0.3) is 0 Å². The number of carbonyl (C=O) groups is 1. The molecule has 0 spiro atoms. The summed E-state index contributed by atoms with van der Waals surface area (Å²) in [6.45, 7) is 6.25. The van der Waals surface area contributed by atoms with Gasteiger partial charge < -0.3 is 10.4 Å². The van der Waals surface area contributed by atoms with Crippen LogP contribution in [0.25, 0.3) is 0 Å². The Morgan fingerprint density at radius 2 is 2.06 bits per heavy atom. The van der Waals surface area contributed by atoms with Crippen LogP contribution in [0, 0.1) is 5.92 Å². The first-order chi connectivity index (χ1) is 8.63. The minimum Gasteiger partial charge on any atom is -0.395 e. The standard InChI is InChI=1S/C14H28N2O2/c1-12(2)7-8-15-14(18)11-16(9-10-17)13-5-3-4-6-13/h12-13,17H,3-11H2,1-2H3,(H,15,18). The largest absolute Gasteiger partial charge is 0.395 e. The monoisotopic (exact) mass is 256 g/mol. The molecule has 0 bridgehead atoms. The lowest BCUT2D eigenvalue weighted by atomic mass is 10.1. The lowest BCUT2D eigenvalue weighted by Gasteiger charge is -2.27. The molecule has 1 aliphatic carbocycles. The fourth-order valence-corrected chi connectivity index (χ4v) is 2.53. The third-order valence-electron chi connectivity index (χ3n) is 3.62. The molecule has 0 aromatic rings. The Morgan fingerprint density at radius 1 is 1.39 bits per heavy atom. The molecule has 0 atom stereocenters. The number of hydrogen-bond donors (Lipinski definition) is 2. The zero-order chi connectivity index (χ0) is 13.4. The second-order valence-corrected chi connectivity index (χ2v) is 5.66. The molecular weight excluding hydrogens is 228 g/mol. The van der Waals surface area contributed by atoms with Gasteiger partial charge >= 0.3 is 0 Å². The first-order valence-corrected chi connectivity index (χ1v) is 7.25. The van der Waals surface area contributed by atoms with E-state index < -0.39 is 0 Å². The fourth-order valence-electron chi connectivity index (χ4n) is 2.53. The molecule has 0 heterocycles. The normalized spacial score (nSPS) is 16.7. The van der Waals surface area contributed by atoms with Gasteiger partial charge in [0.05, 0.1) is 13.2 Å². The van der Waals surface area contributed by atoms with Crippen LogP contribution in [0.2, 0.25) is 0 Å². The van der Waals surface area contributed by atoms with Crippen molar-refractivity contribution < 1.29 is 9.90 Å². The number of nitrogens with one attached hydrogen (secondary N) is 1. The van der Waals surface area contributed by atoms with Crippen LogP contribution in [0.15, 0.2) is 0 Å². The van der Waals surface area contributed by atoms with Crippen molar-refractivity contribution in [1.82, 2.24) is 10.2 Å². The van der Waals surface area contributed by atoms with Gasteiger partial charge in [-0.2, -0.15) is 0 Å². The van der Waals surface area contributed by atoms with Crippen LogP contribution >= 0.6 is 0 Å². The van der Waals surface area contributed by atoms with E-state index in [0.29, 0.717) is 25.0 Å². The summed E-state index contributed by atoms with van der Waals surface area (Å²) < 4.78 is 0. The van der Waals surface area contributed by atoms with Crippen molar-refractivity contribution >= 4 is 5.91 Å². The van der Waals surface area contributed by atoms with E-state index in [1.54, 1.807) is 0 Å². The van der Waals surface area contributed by atoms with Crippen molar-refractivity contribution in [3.63, 3.8) is 0 Å². The molecule has 2 N–H and O–H groups in total. The van der Waals surface area contributed by atoms with Gasteiger partial charge in [-0.25, -0.2) is 0 Å². The summed E-state index contributed by atoms with van der Waals surface area (Å²) >= 11 is 0. The quantitative estimate of drug-likeness (QED) is 0.690. The highest BCUT2D eigenvalue weighted by atomic mass is 16.3. The second-order valence-electron chi connectivity index (χ2n) is 5.66. The number of rotatable bonds is 8. The fraction of sp³-hybridized carbons (Fsp3) is 0.929.